The van der Waals surface area contributed by atoms with Crippen molar-refractivity contribution in [2.75, 3.05) is 0 Å². The predicted octanol–water partition coefficient (Wildman–Crippen LogP) is 4.79. The van der Waals surface area contributed by atoms with Gasteiger partial charge in [-0.1, -0.05) is 42.5 Å². The van der Waals surface area contributed by atoms with E-state index in [-0.39, 0.29) is 11.9 Å². The summed E-state index contributed by atoms with van der Waals surface area (Å²) < 4.78 is 2.26. The maximum absolute atomic E-state index is 12.6. The number of amides is 1. The van der Waals surface area contributed by atoms with Crippen LogP contribution in [-0.4, -0.2) is 10.5 Å². The van der Waals surface area contributed by atoms with Crippen LogP contribution in [0, 0.1) is 0 Å². The monoisotopic (exact) mass is 346 g/mol. The molecule has 1 amide bonds. The van der Waals surface area contributed by atoms with Crippen LogP contribution in [-0.2, 0) is 24.2 Å². The van der Waals surface area contributed by atoms with Crippen molar-refractivity contribution in [3.8, 4) is 0 Å². The van der Waals surface area contributed by atoms with Gasteiger partial charge in [0.1, 0.15) is 0 Å². The molecule has 1 aromatic heterocycles. The first-order valence-corrected chi connectivity index (χ1v) is 9.70. The molecule has 0 fully saturated rings. The highest BCUT2D eigenvalue weighted by Crippen LogP contribution is 2.29. The maximum Gasteiger partial charge on any atom is 0.220 e. The quantitative estimate of drug-likeness (QED) is 0.708. The molecule has 1 atom stereocenters. The number of aryl methyl sites for hydroxylation is 3. The van der Waals surface area contributed by atoms with E-state index in [0.717, 1.165) is 32.2 Å². The first-order valence-electron chi connectivity index (χ1n) is 9.70. The second-order valence-electron chi connectivity index (χ2n) is 7.17. The van der Waals surface area contributed by atoms with Crippen LogP contribution in [0.5, 0.6) is 0 Å². The van der Waals surface area contributed by atoms with E-state index in [2.05, 4.69) is 71.5 Å². The molecule has 0 unspecified atom stereocenters. The smallest absolute Gasteiger partial charge is 0.220 e. The van der Waals surface area contributed by atoms with E-state index in [4.69, 9.17) is 0 Å². The highest BCUT2D eigenvalue weighted by molar-refractivity contribution is 5.85. The lowest BCUT2D eigenvalue weighted by atomic mass is 9.87. The number of fused-ring (bicyclic) bond motifs is 2. The fourth-order valence-corrected chi connectivity index (χ4v) is 4.20. The van der Waals surface area contributed by atoms with E-state index in [0.29, 0.717) is 6.42 Å². The van der Waals surface area contributed by atoms with E-state index in [9.17, 15) is 4.79 Å². The number of carbonyl (C=O) groups is 1. The SMILES string of the molecule is CCn1cc(CCC(=O)N[C@@H]2CCCc3ccccc32)c2ccccc21. The Morgan fingerprint density at radius 1 is 1.15 bits per heavy atom. The summed E-state index contributed by atoms with van der Waals surface area (Å²) in [5.41, 5.74) is 5.21. The molecule has 134 valence electrons. The van der Waals surface area contributed by atoms with Crippen molar-refractivity contribution in [2.45, 2.75) is 51.6 Å². The minimum atomic E-state index is 0.153. The summed E-state index contributed by atoms with van der Waals surface area (Å²) >= 11 is 0. The Labute approximate surface area is 155 Å². The summed E-state index contributed by atoms with van der Waals surface area (Å²) in [5.74, 6) is 0.153. The lowest BCUT2D eigenvalue weighted by Gasteiger charge is -2.26. The third-order valence-corrected chi connectivity index (χ3v) is 5.54. The Kier molecular flexibility index (Phi) is 4.79. The first-order chi connectivity index (χ1) is 12.8. The predicted molar refractivity (Wildman–Crippen MR) is 106 cm³/mol. The molecular formula is C23H26N2O. The largest absolute Gasteiger partial charge is 0.349 e. The summed E-state index contributed by atoms with van der Waals surface area (Å²) in [6, 6.07) is 17.1. The molecule has 0 aliphatic heterocycles. The Bertz CT molecular complexity index is 925. The summed E-state index contributed by atoms with van der Waals surface area (Å²) in [6.07, 6.45) is 6.83. The molecule has 26 heavy (non-hydrogen) atoms. The lowest BCUT2D eigenvalue weighted by Crippen LogP contribution is -2.31. The van der Waals surface area contributed by atoms with Gasteiger partial charge in [-0.3, -0.25) is 4.79 Å². The molecule has 1 heterocycles. The molecule has 3 heteroatoms. The van der Waals surface area contributed by atoms with Gasteiger partial charge < -0.3 is 9.88 Å². The number of nitrogens with one attached hydrogen (secondary N) is 1. The van der Waals surface area contributed by atoms with Crippen molar-refractivity contribution in [2.24, 2.45) is 0 Å². The number of rotatable bonds is 5. The number of aromatic nitrogens is 1. The van der Waals surface area contributed by atoms with Crippen LogP contribution in [0.4, 0.5) is 0 Å². The first kappa shape index (κ1) is 16.9. The number of para-hydroxylation sites is 1. The van der Waals surface area contributed by atoms with Gasteiger partial charge in [-0.15, -0.1) is 0 Å². The highest BCUT2D eigenvalue weighted by atomic mass is 16.1. The van der Waals surface area contributed by atoms with E-state index < -0.39 is 0 Å². The zero-order chi connectivity index (χ0) is 17.9. The van der Waals surface area contributed by atoms with E-state index >= 15 is 0 Å². The van der Waals surface area contributed by atoms with Crippen molar-refractivity contribution >= 4 is 16.8 Å². The van der Waals surface area contributed by atoms with Gasteiger partial charge in [-0.05, 0) is 55.4 Å². The Morgan fingerprint density at radius 3 is 2.85 bits per heavy atom. The summed E-state index contributed by atoms with van der Waals surface area (Å²) in [5, 5.41) is 4.54. The second kappa shape index (κ2) is 7.36. The fraction of sp³-hybridized carbons (Fsp3) is 0.348. The number of nitrogens with zero attached hydrogens (tertiary/aromatic N) is 1. The second-order valence-corrected chi connectivity index (χ2v) is 7.17. The zero-order valence-corrected chi connectivity index (χ0v) is 15.4. The molecule has 0 saturated heterocycles. The molecule has 1 aliphatic rings. The molecule has 1 N–H and O–H groups in total. The van der Waals surface area contributed by atoms with Gasteiger partial charge in [-0.2, -0.15) is 0 Å². The van der Waals surface area contributed by atoms with Crippen molar-refractivity contribution in [3.05, 3.63) is 71.4 Å². The van der Waals surface area contributed by atoms with Crippen LogP contribution in [0.1, 0.15) is 48.9 Å². The third-order valence-electron chi connectivity index (χ3n) is 5.54. The number of hydrogen-bond acceptors (Lipinski definition) is 1. The number of benzene rings is 2. The average molecular weight is 346 g/mol. The van der Waals surface area contributed by atoms with Crippen LogP contribution in [0.15, 0.2) is 54.7 Å². The van der Waals surface area contributed by atoms with Crippen LogP contribution < -0.4 is 5.32 Å². The van der Waals surface area contributed by atoms with Crippen molar-refractivity contribution < 1.29 is 4.79 Å². The van der Waals surface area contributed by atoms with Crippen LogP contribution >= 0.6 is 0 Å². The van der Waals surface area contributed by atoms with E-state index in [1.807, 2.05) is 0 Å². The number of hydrogen-bond donors (Lipinski definition) is 1. The minimum absolute atomic E-state index is 0.153. The van der Waals surface area contributed by atoms with Crippen LogP contribution in [0.2, 0.25) is 0 Å². The van der Waals surface area contributed by atoms with Gasteiger partial charge in [0.25, 0.3) is 0 Å². The summed E-state index contributed by atoms with van der Waals surface area (Å²) in [4.78, 5) is 12.6. The zero-order valence-electron chi connectivity index (χ0n) is 15.4. The molecule has 0 bridgehead atoms. The van der Waals surface area contributed by atoms with E-state index in [1.165, 1.54) is 27.6 Å². The molecule has 4 rings (SSSR count). The Morgan fingerprint density at radius 2 is 1.96 bits per heavy atom. The molecule has 3 nitrogen and oxygen atoms in total. The molecule has 0 spiro atoms. The van der Waals surface area contributed by atoms with Crippen LogP contribution in [0.3, 0.4) is 0 Å². The average Bonchev–Trinajstić information content (AvgIpc) is 3.05. The van der Waals surface area contributed by atoms with Gasteiger partial charge in [0, 0.05) is 30.1 Å². The topological polar surface area (TPSA) is 34.0 Å². The Hall–Kier alpha value is -2.55. The molecule has 2 aromatic carbocycles. The lowest BCUT2D eigenvalue weighted by molar-refractivity contribution is -0.121. The van der Waals surface area contributed by atoms with Gasteiger partial charge >= 0.3 is 0 Å². The molecule has 0 radical (unpaired) electrons. The minimum Gasteiger partial charge on any atom is -0.349 e. The molecular weight excluding hydrogens is 320 g/mol. The summed E-state index contributed by atoms with van der Waals surface area (Å²) in [6.45, 7) is 3.11. The Balaban J connectivity index is 1.44. The standard InChI is InChI=1S/C23H26N2O/c1-2-25-16-18(20-11-5-6-13-22(20)25)14-15-23(26)24-21-12-7-9-17-8-3-4-10-19(17)21/h3-6,8,10-11,13,16,21H,2,7,9,12,14-15H2,1H3,(H,24,26)/t21-/m1/s1. The normalized spacial score (nSPS) is 16.4. The van der Waals surface area contributed by atoms with Crippen molar-refractivity contribution in [1.82, 2.24) is 9.88 Å². The number of carbonyl (C=O) groups excluding carboxylic acids is 1. The fourth-order valence-electron chi connectivity index (χ4n) is 4.20. The highest BCUT2D eigenvalue weighted by Gasteiger charge is 2.21. The maximum atomic E-state index is 12.6. The van der Waals surface area contributed by atoms with E-state index in [1.54, 1.807) is 0 Å². The third kappa shape index (κ3) is 3.26. The molecule has 1 aliphatic carbocycles. The van der Waals surface area contributed by atoms with Crippen molar-refractivity contribution in [3.63, 3.8) is 0 Å². The summed E-state index contributed by atoms with van der Waals surface area (Å²) in [7, 11) is 0. The van der Waals surface area contributed by atoms with Gasteiger partial charge in [0.15, 0.2) is 0 Å². The van der Waals surface area contributed by atoms with Gasteiger partial charge in [-0.25, -0.2) is 0 Å². The van der Waals surface area contributed by atoms with Gasteiger partial charge in [0.05, 0.1) is 6.04 Å². The molecule has 3 aromatic rings. The molecule has 0 saturated carbocycles. The van der Waals surface area contributed by atoms with Crippen LogP contribution in [0.25, 0.3) is 10.9 Å². The van der Waals surface area contributed by atoms with Crippen molar-refractivity contribution in [1.29, 1.82) is 0 Å². The van der Waals surface area contributed by atoms with Gasteiger partial charge in [0.2, 0.25) is 5.91 Å².